The van der Waals surface area contributed by atoms with Crippen LogP contribution in [-0.4, -0.2) is 59.0 Å². The van der Waals surface area contributed by atoms with Crippen LogP contribution in [-0.2, 0) is 22.4 Å². The summed E-state index contributed by atoms with van der Waals surface area (Å²) in [5, 5.41) is 10.8. The van der Waals surface area contributed by atoms with Gasteiger partial charge in [0, 0.05) is 26.6 Å². The van der Waals surface area contributed by atoms with Crippen molar-refractivity contribution in [2.45, 2.75) is 24.9 Å². The molecule has 1 heterocycles. The van der Waals surface area contributed by atoms with Crippen molar-refractivity contribution >= 4 is 11.8 Å². The lowest BCUT2D eigenvalue weighted by molar-refractivity contribution is -0.158. The van der Waals surface area contributed by atoms with Crippen molar-refractivity contribution < 1.29 is 14.7 Å². The smallest absolute Gasteiger partial charge is 0.255 e. The number of likely N-dealkylation sites (N-methyl/N-ethyl adjacent to an activating group) is 1. The predicted molar refractivity (Wildman–Crippen MR) is 77.6 cm³/mol. The van der Waals surface area contributed by atoms with Gasteiger partial charge in [-0.25, -0.2) is 0 Å². The van der Waals surface area contributed by atoms with Gasteiger partial charge in [0.15, 0.2) is 0 Å². The van der Waals surface area contributed by atoms with E-state index < -0.39 is 5.60 Å². The minimum absolute atomic E-state index is 0.0687. The molecule has 2 aliphatic rings. The van der Waals surface area contributed by atoms with Crippen LogP contribution in [0.15, 0.2) is 24.3 Å². The molecule has 1 aromatic carbocycles. The van der Waals surface area contributed by atoms with Gasteiger partial charge in [-0.15, -0.1) is 0 Å². The predicted octanol–water partition coefficient (Wildman–Crippen LogP) is 0.207. The molecule has 1 N–H and O–H groups in total. The fraction of sp³-hybridized carbons (Fsp3) is 0.500. The molecule has 0 saturated carbocycles. The van der Waals surface area contributed by atoms with Gasteiger partial charge in [0.1, 0.15) is 5.60 Å². The summed E-state index contributed by atoms with van der Waals surface area (Å²) in [5.41, 5.74) is 0.856. The van der Waals surface area contributed by atoms with Crippen molar-refractivity contribution in [1.29, 1.82) is 0 Å². The first-order chi connectivity index (χ1) is 9.99. The number of amides is 2. The molecule has 1 unspecified atom stereocenters. The fourth-order valence-electron chi connectivity index (χ4n) is 3.13. The van der Waals surface area contributed by atoms with Crippen LogP contribution < -0.4 is 0 Å². The Hall–Kier alpha value is -1.88. The van der Waals surface area contributed by atoms with Crippen molar-refractivity contribution in [3.05, 3.63) is 35.4 Å². The first kappa shape index (κ1) is 14.1. The monoisotopic (exact) mass is 288 g/mol. The SMILES string of the molecule is CN1CCN(C(=O)C2(O)CCc3ccccc3C2)CC1=O. The van der Waals surface area contributed by atoms with E-state index in [2.05, 4.69) is 0 Å². The molecular weight excluding hydrogens is 268 g/mol. The molecule has 2 amide bonds. The minimum Gasteiger partial charge on any atom is -0.380 e. The van der Waals surface area contributed by atoms with E-state index in [0.29, 0.717) is 32.4 Å². The summed E-state index contributed by atoms with van der Waals surface area (Å²) >= 11 is 0. The van der Waals surface area contributed by atoms with E-state index in [4.69, 9.17) is 0 Å². The summed E-state index contributed by atoms with van der Waals surface area (Å²) in [6.45, 7) is 1.08. The van der Waals surface area contributed by atoms with Gasteiger partial charge in [0.2, 0.25) is 5.91 Å². The van der Waals surface area contributed by atoms with E-state index in [1.807, 2.05) is 24.3 Å². The summed E-state index contributed by atoms with van der Waals surface area (Å²) in [7, 11) is 1.73. The van der Waals surface area contributed by atoms with Crippen LogP contribution in [0.1, 0.15) is 17.5 Å². The Morgan fingerprint density at radius 2 is 1.95 bits per heavy atom. The normalized spacial score (nSPS) is 25.7. The van der Waals surface area contributed by atoms with Gasteiger partial charge in [-0.3, -0.25) is 9.59 Å². The number of piperazine rings is 1. The average Bonchev–Trinajstić information content (AvgIpc) is 2.49. The fourth-order valence-corrected chi connectivity index (χ4v) is 3.13. The minimum atomic E-state index is -1.37. The zero-order valence-corrected chi connectivity index (χ0v) is 12.2. The zero-order chi connectivity index (χ0) is 15.0. The third-order valence-corrected chi connectivity index (χ3v) is 4.55. The molecule has 0 aromatic heterocycles. The number of rotatable bonds is 1. The largest absolute Gasteiger partial charge is 0.380 e. The molecule has 21 heavy (non-hydrogen) atoms. The Kier molecular flexibility index (Phi) is 3.45. The number of hydrogen-bond acceptors (Lipinski definition) is 3. The summed E-state index contributed by atoms with van der Waals surface area (Å²) < 4.78 is 0. The van der Waals surface area contributed by atoms with Crippen LogP contribution in [0.5, 0.6) is 0 Å². The number of fused-ring (bicyclic) bond motifs is 1. The number of benzene rings is 1. The van der Waals surface area contributed by atoms with Crippen molar-refractivity contribution in [2.24, 2.45) is 0 Å². The molecule has 112 valence electrons. The highest BCUT2D eigenvalue weighted by Gasteiger charge is 2.43. The maximum Gasteiger partial charge on any atom is 0.255 e. The highest BCUT2D eigenvalue weighted by molar-refractivity contribution is 5.90. The molecule has 0 bridgehead atoms. The van der Waals surface area contributed by atoms with Gasteiger partial charge in [-0.2, -0.15) is 0 Å². The van der Waals surface area contributed by atoms with Gasteiger partial charge in [-0.05, 0) is 24.0 Å². The lowest BCUT2D eigenvalue weighted by Gasteiger charge is -2.39. The molecule has 1 fully saturated rings. The maximum atomic E-state index is 12.6. The van der Waals surface area contributed by atoms with Gasteiger partial charge < -0.3 is 14.9 Å². The Labute approximate surface area is 124 Å². The van der Waals surface area contributed by atoms with Crippen molar-refractivity contribution in [2.75, 3.05) is 26.7 Å². The Morgan fingerprint density at radius 1 is 1.24 bits per heavy atom. The maximum absolute atomic E-state index is 12.6. The second-order valence-corrected chi connectivity index (χ2v) is 6.02. The molecule has 5 heteroatoms. The lowest BCUT2D eigenvalue weighted by atomic mass is 9.79. The number of aliphatic hydroxyl groups is 1. The first-order valence-electron chi connectivity index (χ1n) is 7.32. The summed E-state index contributed by atoms with van der Waals surface area (Å²) in [5.74, 6) is -0.382. The average molecular weight is 288 g/mol. The Morgan fingerprint density at radius 3 is 2.67 bits per heavy atom. The molecule has 1 atom stereocenters. The van der Waals surface area contributed by atoms with Gasteiger partial charge in [0.05, 0.1) is 6.54 Å². The standard InChI is InChI=1S/C16H20N2O3/c1-17-8-9-18(11-14(17)19)15(20)16(21)7-6-12-4-2-3-5-13(12)10-16/h2-5,21H,6-11H2,1H3. The van der Waals surface area contributed by atoms with Crippen LogP contribution in [0.25, 0.3) is 0 Å². The van der Waals surface area contributed by atoms with Crippen LogP contribution in [0.4, 0.5) is 0 Å². The molecule has 3 rings (SSSR count). The number of carbonyl (C=O) groups is 2. The number of aryl methyl sites for hydroxylation is 1. The molecule has 1 saturated heterocycles. The zero-order valence-electron chi connectivity index (χ0n) is 12.2. The second kappa shape index (κ2) is 5.15. The number of hydrogen-bond donors (Lipinski definition) is 1. The van der Waals surface area contributed by atoms with Gasteiger partial charge >= 0.3 is 0 Å². The van der Waals surface area contributed by atoms with Gasteiger partial charge in [-0.1, -0.05) is 24.3 Å². The van der Waals surface area contributed by atoms with Crippen LogP contribution >= 0.6 is 0 Å². The number of carbonyl (C=O) groups excluding carboxylic acids is 2. The molecule has 0 spiro atoms. The first-order valence-corrected chi connectivity index (χ1v) is 7.32. The summed E-state index contributed by atoms with van der Waals surface area (Å²) in [6.07, 6.45) is 1.45. The quantitative estimate of drug-likeness (QED) is 0.803. The van der Waals surface area contributed by atoms with E-state index in [-0.39, 0.29) is 18.4 Å². The molecule has 1 aliphatic carbocycles. The van der Waals surface area contributed by atoms with E-state index in [1.165, 1.54) is 10.5 Å². The van der Waals surface area contributed by atoms with Crippen molar-refractivity contribution in [3.8, 4) is 0 Å². The topological polar surface area (TPSA) is 60.9 Å². The molecular formula is C16H20N2O3. The van der Waals surface area contributed by atoms with Crippen LogP contribution in [0.3, 0.4) is 0 Å². The second-order valence-electron chi connectivity index (χ2n) is 6.02. The Balaban J connectivity index is 1.77. The number of nitrogens with zero attached hydrogens (tertiary/aromatic N) is 2. The lowest BCUT2D eigenvalue weighted by Crippen LogP contribution is -2.58. The molecule has 0 radical (unpaired) electrons. The van der Waals surface area contributed by atoms with E-state index in [9.17, 15) is 14.7 Å². The molecule has 1 aliphatic heterocycles. The third-order valence-electron chi connectivity index (χ3n) is 4.55. The summed E-state index contributed by atoms with van der Waals surface area (Å²) in [6, 6.07) is 7.90. The van der Waals surface area contributed by atoms with Crippen LogP contribution in [0, 0.1) is 0 Å². The van der Waals surface area contributed by atoms with E-state index in [1.54, 1.807) is 11.9 Å². The highest BCUT2D eigenvalue weighted by Crippen LogP contribution is 2.30. The third kappa shape index (κ3) is 2.53. The molecule has 1 aromatic rings. The van der Waals surface area contributed by atoms with Crippen molar-refractivity contribution in [3.63, 3.8) is 0 Å². The Bertz CT molecular complexity index is 587. The van der Waals surface area contributed by atoms with Crippen molar-refractivity contribution in [1.82, 2.24) is 9.80 Å². The van der Waals surface area contributed by atoms with Gasteiger partial charge in [0.25, 0.3) is 5.91 Å². The van der Waals surface area contributed by atoms with Crippen LogP contribution in [0.2, 0.25) is 0 Å². The van der Waals surface area contributed by atoms with E-state index >= 15 is 0 Å². The summed E-state index contributed by atoms with van der Waals surface area (Å²) in [4.78, 5) is 27.5. The van der Waals surface area contributed by atoms with E-state index in [0.717, 1.165) is 5.56 Å². The highest BCUT2D eigenvalue weighted by atomic mass is 16.3. The molecule has 5 nitrogen and oxygen atoms in total.